The average molecular weight is 658 g/mol. The second-order valence-electron chi connectivity index (χ2n) is 12.5. The highest BCUT2D eigenvalue weighted by molar-refractivity contribution is 6.30. The summed E-state index contributed by atoms with van der Waals surface area (Å²) in [7, 11) is 0. The van der Waals surface area contributed by atoms with Crippen LogP contribution in [0.5, 0.6) is 0 Å². The van der Waals surface area contributed by atoms with Crippen molar-refractivity contribution < 1.29 is 19.7 Å². The fourth-order valence-corrected chi connectivity index (χ4v) is 5.83. The van der Waals surface area contributed by atoms with E-state index in [0.717, 1.165) is 11.3 Å². The van der Waals surface area contributed by atoms with Gasteiger partial charge in [-0.2, -0.15) is 4.98 Å². The summed E-state index contributed by atoms with van der Waals surface area (Å²) in [5.41, 5.74) is 0.858. The van der Waals surface area contributed by atoms with Gasteiger partial charge in [0.05, 0.1) is 4.92 Å². The first-order chi connectivity index (χ1) is 22.2. The first-order valence-electron chi connectivity index (χ1n) is 14.8. The summed E-state index contributed by atoms with van der Waals surface area (Å²) in [5, 5.41) is 37.8. The summed E-state index contributed by atoms with van der Waals surface area (Å²) in [5.74, 6) is -0.557. The Bertz CT molecular complexity index is 1760. The summed E-state index contributed by atoms with van der Waals surface area (Å²) in [6.45, 7) is 7.51. The van der Waals surface area contributed by atoms with Crippen LogP contribution in [0.3, 0.4) is 0 Å². The van der Waals surface area contributed by atoms with E-state index in [1.165, 1.54) is 0 Å². The molecular formula is C33H34ClN8O5. The molecule has 1 aromatic heterocycles. The van der Waals surface area contributed by atoms with E-state index >= 15 is 0 Å². The monoisotopic (exact) mass is 657 g/mol. The molecule has 0 unspecified atom stereocenters. The van der Waals surface area contributed by atoms with Crippen molar-refractivity contribution in [3.8, 4) is 0 Å². The molecule has 0 saturated carbocycles. The van der Waals surface area contributed by atoms with Crippen LogP contribution < -0.4 is 21.3 Å². The van der Waals surface area contributed by atoms with Crippen LogP contribution >= 0.6 is 11.6 Å². The van der Waals surface area contributed by atoms with Crippen LogP contribution in [-0.2, 0) is 5.21 Å². The molecule has 5 rings (SSSR count). The Morgan fingerprint density at radius 2 is 1.34 bits per heavy atom. The van der Waals surface area contributed by atoms with Gasteiger partial charge in [0.1, 0.15) is 6.20 Å². The van der Waals surface area contributed by atoms with Crippen molar-refractivity contribution in [2.75, 3.05) is 16.0 Å². The molecule has 14 heteroatoms. The van der Waals surface area contributed by atoms with Crippen molar-refractivity contribution in [2.45, 2.75) is 57.7 Å². The lowest BCUT2D eigenvalue weighted by Crippen LogP contribution is -2.62. The van der Waals surface area contributed by atoms with Gasteiger partial charge in [0.25, 0.3) is 11.8 Å². The minimum atomic E-state index is -0.607. The lowest BCUT2D eigenvalue weighted by molar-refractivity contribution is -0.384. The lowest BCUT2D eigenvalue weighted by Gasteiger charge is -2.50. The van der Waals surface area contributed by atoms with Gasteiger partial charge >= 0.3 is 5.69 Å². The number of halogens is 1. The number of nitrogens with one attached hydrogen (secondary N) is 4. The molecule has 0 bridgehead atoms. The SMILES string of the molecule is CC1(C)CC(NC(=O)c2ccc(Nc3ncc([N+](=O)[O-])c(Nc4ccc(C(=O)Nc5ccc(Cl)cc5)cc4)n3)cc2)CC(C)(C)N1[O]. The van der Waals surface area contributed by atoms with Crippen molar-refractivity contribution in [2.24, 2.45) is 0 Å². The van der Waals surface area contributed by atoms with Crippen molar-refractivity contribution in [3.63, 3.8) is 0 Å². The maximum atomic E-state index is 13.0. The van der Waals surface area contributed by atoms with Gasteiger partial charge in [-0.05, 0) is 113 Å². The number of nitrogens with zero attached hydrogens (tertiary/aromatic N) is 4. The topological polar surface area (TPSA) is 174 Å². The zero-order valence-electron chi connectivity index (χ0n) is 26.2. The number of benzene rings is 3. The minimum absolute atomic E-state index is 0.0585. The third-order valence-electron chi connectivity index (χ3n) is 7.81. The first kappa shape index (κ1) is 33.3. The van der Waals surface area contributed by atoms with Gasteiger partial charge in [-0.25, -0.2) is 4.98 Å². The molecule has 1 radical (unpaired) electrons. The summed E-state index contributed by atoms with van der Waals surface area (Å²) < 4.78 is 0. The van der Waals surface area contributed by atoms with Gasteiger partial charge in [0.15, 0.2) is 0 Å². The molecule has 47 heavy (non-hydrogen) atoms. The molecule has 0 spiro atoms. The molecule has 3 aromatic carbocycles. The van der Waals surface area contributed by atoms with Crippen LogP contribution in [0.4, 0.5) is 34.5 Å². The highest BCUT2D eigenvalue weighted by atomic mass is 35.5. The smallest absolute Gasteiger partial charge is 0.329 e. The molecule has 1 saturated heterocycles. The molecule has 2 heterocycles. The third-order valence-corrected chi connectivity index (χ3v) is 8.06. The Morgan fingerprint density at radius 3 is 1.89 bits per heavy atom. The Kier molecular flexibility index (Phi) is 9.43. The quantitative estimate of drug-likeness (QED) is 0.110. The van der Waals surface area contributed by atoms with E-state index in [2.05, 4.69) is 31.2 Å². The highest BCUT2D eigenvalue weighted by Gasteiger charge is 2.46. The van der Waals surface area contributed by atoms with Gasteiger partial charge in [-0.3, -0.25) is 19.7 Å². The van der Waals surface area contributed by atoms with Crippen molar-refractivity contribution in [3.05, 3.63) is 105 Å². The molecule has 1 fully saturated rings. The van der Waals surface area contributed by atoms with E-state index in [1.807, 2.05) is 27.7 Å². The predicted molar refractivity (Wildman–Crippen MR) is 179 cm³/mol. The number of anilines is 5. The Balaban J connectivity index is 1.23. The molecule has 0 aliphatic carbocycles. The van der Waals surface area contributed by atoms with Gasteiger partial charge in [-0.1, -0.05) is 11.6 Å². The predicted octanol–water partition coefficient (Wildman–Crippen LogP) is 6.87. The summed E-state index contributed by atoms with van der Waals surface area (Å²) in [4.78, 5) is 45.1. The Morgan fingerprint density at radius 1 is 0.830 bits per heavy atom. The molecule has 2 amide bonds. The van der Waals surface area contributed by atoms with E-state index in [4.69, 9.17) is 11.6 Å². The lowest BCUT2D eigenvalue weighted by atomic mass is 9.79. The van der Waals surface area contributed by atoms with Crippen molar-refractivity contribution >= 4 is 57.9 Å². The van der Waals surface area contributed by atoms with Gasteiger partial charge in [-0.15, -0.1) is 10.3 Å². The number of nitro groups is 1. The van der Waals surface area contributed by atoms with Gasteiger partial charge < -0.3 is 21.3 Å². The number of carbonyl (C=O) groups excluding carboxylic acids is 2. The number of piperidine rings is 1. The maximum absolute atomic E-state index is 13.0. The molecule has 4 aromatic rings. The highest BCUT2D eigenvalue weighted by Crippen LogP contribution is 2.37. The second kappa shape index (κ2) is 13.3. The van der Waals surface area contributed by atoms with Crippen LogP contribution in [-0.4, -0.2) is 48.9 Å². The largest absolute Gasteiger partial charge is 0.349 e. The molecule has 1 aliphatic rings. The van der Waals surface area contributed by atoms with Crippen LogP contribution in [0.15, 0.2) is 79.0 Å². The van der Waals surface area contributed by atoms with Crippen LogP contribution in [0.25, 0.3) is 0 Å². The van der Waals surface area contributed by atoms with E-state index in [1.54, 1.807) is 72.8 Å². The number of carbonyl (C=O) groups is 2. The summed E-state index contributed by atoms with van der Waals surface area (Å²) >= 11 is 5.89. The van der Waals surface area contributed by atoms with Gasteiger partial charge in [0.2, 0.25) is 11.8 Å². The number of rotatable bonds is 9. The van der Waals surface area contributed by atoms with Crippen LogP contribution in [0.1, 0.15) is 61.3 Å². The fourth-order valence-electron chi connectivity index (χ4n) is 5.71. The molecule has 13 nitrogen and oxygen atoms in total. The third kappa shape index (κ3) is 8.01. The van der Waals surface area contributed by atoms with Crippen molar-refractivity contribution in [1.82, 2.24) is 20.3 Å². The summed E-state index contributed by atoms with van der Waals surface area (Å²) in [6, 6.07) is 19.5. The number of aromatic nitrogens is 2. The minimum Gasteiger partial charge on any atom is -0.349 e. The summed E-state index contributed by atoms with van der Waals surface area (Å²) in [6.07, 6.45) is 2.15. The molecule has 4 N–H and O–H groups in total. The second-order valence-corrected chi connectivity index (χ2v) is 13.0. The zero-order valence-corrected chi connectivity index (χ0v) is 27.0. The standard InChI is InChI=1S/C33H34ClN8O5/c1-32(2)17-26(18-33(3,4)42(32)47)38-30(44)21-7-13-25(14-8-21)39-31-35-19-27(41(45)46)28(40-31)36-23-11-5-20(6-12-23)29(43)37-24-15-9-22(34)10-16-24/h5-16,19,26H,17-18H2,1-4H3,(H,37,43)(H,38,44)(H2,35,36,39,40). The fraction of sp³-hybridized carbons (Fsp3) is 0.273. The van der Waals surface area contributed by atoms with Crippen LogP contribution in [0.2, 0.25) is 5.02 Å². The normalized spacial score (nSPS) is 15.8. The van der Waals surface area contributed by atoms with Gasteiger partial charge in [0, 0.05) is 50.3 Å². The average Bonchev–Trinajstić information content (AvgIpc) is 3.01. The first-order valence-corrected chi connectivity index (χ1v) is 15.2. The van der Waals surface area contributed by atoms with E-state index in [-0.39, 0.29) is 35.3 Å². The van der Waals surface area contributed by atoms with E-state index in [0.29, 0.717) is 46.1 Å². The number of hydrogen-bond acceptors (Lipinski definition) is 9. The molecular weight excluding hydrogens is 624 g/mol. The van der Waals surface area contributed by atoms with E-state index in [9.17, 15) is 24.9 Å². The maximum Gasteiger partial charge on any atom is 0.329 e. The number of hydroxylamine groups is 2. The number of amides is 2. The zero-order chi connectivity index (χ0) is 33.9. The molecule has 1 aliphatic heterocycles. The van der Waals surface area contributed by atoms with Crippen molar-refractivity contribution in [1.29, 1.82) is 0 Å². The van der Waals surface area contributed by atoms with E-state index < -0.39 is 16.0 Å². The Hall–Kier alpha value is -5.11. The Labute approximate surface area is 276 Å². The molecule has 0 atom stereocenters. The number of hydrogen-bond donors (Lipinski definition) is 4. The van der Waals surface area contributed by atoms with Crippen LogP contribution in [0, 0.1) is 10.1 Å². The molecule has 243 valence electrons.